The van der Waals surface area contributed by atoms with Crippen LogP contribution in [0.3, 0.4) is 0 Å². The molecule has 210 valence electrons. The van der Waals surface area contributed by atoms with Gasteiger partial charge in [0.1, 0.15) is 16.4 Å². The number of anilines is 1. The van der Waals surface area contributed by atoms with E-state index in [1.54, 1.807) is 38.1 Å². The van der Waals surface area contributed by atoms with Gasteiger partial charge in [0.2, 0.25) is 0 Å². The molecule has 1 fully saturated rings. The van der Waals surface area contributed by atoms with Crippen molar-refractivity contribution in [2.75, 3.05) is 18.1 Å². The summed E-state index contributed by atoms with van der Waals surface area (Å²) in [5.41, 5.74) is 2.27. The smallest absolute Gasteiger partial charge is 0.350 e. The maximum atomic E-state index is 13.5. The summed E-state index contributed by atoms with van der Waals surface area (Å²) in [5, 5.41) is 11.7. The summed E-state index contributed by atoms with van der Waals surface area (Å²) in [6.07, 6.45) is 0.812. The Kier molecular flexibility index (Phi) is 8.44. The van der Waals surface area contributed by atoms with Crippen LogP contribution in [0.25, 0.3) is 5.76 Å². The quantitative estimate of drug-likeness (QED) is 0.148. The summed E-state index contributed by atoms with van der Waals surface area (Å²) >= 11 is 0.981. The fourth-order valence-electron chi connectivity index (χ4n) is 4.49. The van der Waals surface area contributed by atoms with Crippen molar-refractivity contribution >= 4 is 39.9 Å². The molecule has 0 aliphatic carbocycles. The zero-order valence-corrected chi connectivity index (χ0v) is 24.4. The minimum Gasteiger partial charge on any atom is -0.507 e. The molecular weight excluding hydrogens is 528 g/mol. The molecule has 3 aromatic rings. The number of esters is 1. The van der Waals surface area contributed by atoms with Gasteiger partial charge in [0.05, 0.1) is 30.5 Å². The Morgan fingerprint density at radius 3 is 2.42 bits per heavy atom. The second-order valence-electron chi connectivity index (χ2n) is 10.5. The van der Waals surface area contributed by atoms with Crippen molar-refractivity contribution in [3.8, 4) is 5.75 Å². The summed E-state index contributed by atoms with van der Waals surface area (Å²) in [4.78, 5) is 45.6. The Bertz CT molecular complexity index is 1470. The van der Waals surface area contributed by atoms with E-state index in [1.165, 1.54) is 4.90 Å². The standard InChI is InChI=1S/C31H34N2O6S/c1-7-16-39-22-11-9-10-20(17-22)25(34)23-24(19-12-14-21(15-13-19)31(4,5)6)33(28(36)26(23)35)30-32-18(3)27(40-30)29(37)38-8-2/h9-15,17,24,34H,7-8,16H2,1-6H3. The van der Waals surface area contributed by atoms with Crippen LogP contribution in [0.5, 0.6) is 5.75 Å². The highest BCUT2D eigenvalue weighted by Gasteiger charge is 2.48. The van der Waals surface area contributed by atoms with E-state index in [2.05, 4.69) is 25.8 Å². The molecule has 2 aromatic carbocycles. The zero-order valence-electron chi connectivity index (χ0n) is 23.6. The van der Waals surface area contributed by atoms with Crippen molar-refractivity contribution in [2.24, 2.45) is 0 Å². The van der Waals surface area contributed by atoms with Crippen LogP contribution in [-0.4, -0.2) is 41.0 Å². The number of rotatable bonds is 8. The number of hydrogen-bond acceptors (Lipinski definition) is 8. The predicted molar refractivity (Wildman–Crippen MR) is 155 cm³/mol. The number of nitrogens with zero attached hydrogens (tertiary/aromatic N) is 2. The van der Waals surface area contributed by atoms with Crippen molar-refractivity contribution in [3.05, 3.63) is 81.4 Å². The number of hydrogen-bond donors (Lipinski definition) is 1. The Hall–Kier alpha value is -3.98. The number of aromatic nitrogens is 1. The number of thiazole rings is 1. The first-order chi connectivity index (χ1) is 19.0. The monoisotopic (exact) mass is 562 g/mol. The average molecular weight is 563 g/mol. The molecule has 1 saturated heterocycles. The van der Waals surface area contributed by atoms with E-state index in [0.29, 0.717) is 29.2 Å². The summed E-state index contributed by atoms with van der Waals surface area (Å²) in [6, 6.07) is 13.4. The summed E-state index contributed by atoms with van der Waals surface area (Å²) in [6.45, 7) is 12.3. The predicted octanol–water partition coefficient (Wildman–Crippen LogP) is 6.34. The number of ketones is 1. The topological polar surface area (TPSA) is 106 Å². The molecule has 1 N–H and O–H groups in total. The van der Waals surface area contributed by atoms with Gasteiger partial charge in [-0.15, -0.1) is 0 Å². The minimum absolute atomic E-state index is 0.0633. The third kappa shape index (κ3) is 5.65. The number of amides is 1. The second-order valence-corrected chi connectivity index (χ2v) is 11.5. The van der Waals surface area contributed by atoms with Crippen molar-refractivity contribution in [1.82, 2.24) is 4.98 Å². The lowest BCUT2D eigenvalue weighted by atomic mass is 9.85. The molecule has 1 unspecified atom stereocenters. The highest BCUT2D eigenvalue weighted by atomic mass is 32.1. The average Bonchev–Trinajstić information content (AvgIpc) is 3.43. The van der Waals surface area contributed by atoms with Crippen LogP contribution >= 0.6 is 11.3 Å². The highest BCUT2D eigenvalue weighted by Crippen LogP contribution is 2.44. The number of carbonyl (C=O) groups excluding carboxylic acids is 3. The normalized spacial score (nSPS) is 16.9. The van der Waals surface area contributed by atoms with Crippen LogP contribution < -0.4 is 9.64 Å². The van der Waals surface area contributed by atoms with Crippen LogP contribution in [0.2, 0.25) is 0 Å². The van der Waals surface area contributed by atoms with Gasteiger partial charge in [-0.1, -0.05) is 75.4 Å². The third-order valence-electron chi connectivity index (χ3n) is 6.57. The van der Waals surface area contributed by atoms with Crippen LogP contribution in [0.15, 0.2) is 54.1 Å². The van der Waals surface area contributed by atoms with Crippen LogP contribution in [0, 0.1) is 6.92 Å². The molecule has 40 heavy (non-hydrogen) atoms. The second kappa shape index (κ2) is 11.6. The van der Waals surface area contributed by atoms with E-state index in [9.17, 15) is 19.5 Å². The van der Waals surface area contributed by atoms with Crippen LogP contribution in [-0.2, 0) is 19.7 Å². The molecule has 8 nitrogen and oxygen atoms in total. The largest absolute Gasteiger partial charge is 0.507 e. The van der Waals surface area contributed by atoms with Gasteiger partial charge in [0.15, 0.2) is 5.13 Å². The van der Waals surface area contributed by atoms with Gasteiger partial charge in [0, 0.05) is 5.56 Å². The van der Waals surface area contributed by atoms with Crippen molar-refractivity contribution < 1.29 is 29.0 Å². The third-order valence-corrected chi connectivity index (χ3v) is 7.71. The first kappa shape index (κ1) is 29.0. The Morgan fingerprint density at radius 2 is 1.80 bits per heavy atom. The van der Waals surface area contributed by atoms with Crippen molar-refractivity contribution in [2.45, 2.75) is 59.4 Å². The number of carbonyl (C=O) groups is 3. The lowest BCUT2D eigenvalue weighted by molar-refractivity contribution is -0.132. The molecule has 1 aliphatic rings. The number of benzene rings is 2. The molecular formula is C31H34N2O6S. The Labute approximate surface area is 238 Å². The van der Waals surface area contributed by atoms with Gasteiger partial charge < -0.3 is 14.6 Å². The van der Waals surface area contributed by atoms with Crippen molar-refractivity contribution in [1.29, 1.82) is 0 Å². The molecule has 0 saturated carbocycles. The molecule has 0 bridgehead atoms. The molecule has 1 atom stereocenters. The molecule has 9 heteroatoms. The van der Waals surface area contributed by atoms with E-state index in [1.807, 2.05) is 31.2 Å². The summed E-state index contributed by atoms with van der Waals surface area (Å²) in [7, 11) is 0. The number of ether oxygens (including phenoxy) is 2. The lowest BCUT2D eigenvalue weighted by Gasteiger charge is -2.25. The number of aliphatic hydroxyl groups is 1. The van der Waals surface area contributed by atoms with Gasteiger partial charge in [-0.05, 0) is 48.9 Å². The van der Waals surface area contributed by atoms with E-state index in [0.717, 1.165) is 23.3 Å². The number of aliphatic hydroxyl groups excluding tert-OH is 1. The maximum absolute atomic E-state index is 13.5. The van der Waals surface area contributed by atoms with Gasteiger partial charge in [-0.25, -0.2) is 9.78 Å². The van der Waals surface area contributed by atoms with Gasteiger partial charge in [-0.3, -0.25) is 14.5 Å². The first-order valence-electron chi connectivity index (χ1n) is 13.3. The van der Waals surface area contributed by atoms with E-state index >= 15 is 0 Å². The molecule has 1 amide bonds. The summed E-state index contributed by atoms with van der Waals surface area (Å²) < 4.78 is 10.9. The first-order valence-corrected chi connectivity index (χ1v) is 14.1. The fraction of sp³-hybridized carbons (Fsp3) is 0.355. The number of aryl methyl sites for hydroxylation is 1. The van der Waals surface area contributed by atoms with Crippen LogP contribution in [0.1, 0.15) is 79.1 Å². The molecule has 0 spiro atoms. The zero-order chi connectivity index (χ0) is 29.2. The fourth-order valence-corrected chi connectivity index (χ4v) is 5.48. The molecule has 1 aliphatic heterocycles. The summed E-state index contributed by atoms with van der Waals surface area (Å²) in [5.74, 6) is -2.00. The Balaban J connectivity index is 1.89. The SMILES string of the molecule is CCCOc1cccc(C(O)=C2C(=O)C(=O)N(c3nc(C)c(C(=O)OCC)s3)C2c2ccc(C(C)(C)C)cc2)c1. The molecule has 1 aromatic heterocycles. The molecule has 0 radical (unpaired) electrons. The maximum Gasteiger partial charge on any atom is 0.350 e. The molecule has 2 heterocycles. The van der Waals surface area contributed by atoms with Crippen LogP contribution in [0.4, 0.5) is 5.13 Å². The van der Waals surface area contributed by atoms with Gasteiger partial charge in [0.25, 0.3) is 5.78 Å². The van der Waals surface area contributed by atoms with E-state index in [4.69, 9.17) is 9.47 Å². The highest BCUT2D eigenvalue weighted by molar-refractivity contribution is 7.17. The van der Waals surface area contributed by atoms with Gasteiger partial charge >= 0.3 is 11.9 Å². The van der Waals surface area contributed by atoms with Crippen molar-refractivity contribution in [3.63, 3.8) is 0 Å². The van der Waals surface area contributed by atoms with E-state index < -0.39 is 23.7 Å². The number of Topliss-reactive ketones (excluding diaryl/α,β-unsaturated/α-hetero) is 1. The van der Waals surface area contributed by atoms with E-state index in [-0.39, 0.29) is 33.4 Å². The minimum atomic E-state index is -0.963. The molecule has 4 rings (SSSR count). The Morgan fingerprint density at radius 1 is 1.10 bits per heavy atom. The van der Waals surface area contributed by atoms with Gasteiger partial charge in [-0.2, -0.15) is 0 Å². The lowest BCUT2D eigenvalue weighted by Crippen LogP contribution is -2.29.